The second-order valence-electron chi connectivity index (χ2n) is 6.84. The molecular weight excluding hydrogens is 373 g/mol. The molecule has 1 aliphatic heterocycles. The maximum Gasteiger partial charge on any atom is 0.416 e. The minimum Gasteiger partial charge on any atom is -0.334 e. The predicted octanol–water partition coefficient (Wildman–Crippen LogP) is 3.72. The van der Waals surface area contributed by atoms with E-state index in [4.69, 9.17) is 5.21 Å². The number of hydrogen-bond donors (Lipinski definition) is 2. The Kier molecular flexibility index (Phi) is 5.42. The smallest absolute Gasteiger partial charge is 0.334 e. The number of halogens is 3. The van der Waals surface area contributed by atoms with Crippen molar-refractivity contribution < 1.29 is 28.0 Å². The van der Waals surface area contributed by atoms with Gasteiger partial charge in [0.15, 0.2) is 0 Å². The van der Waals surface area contributed by atoms with Gasteiger partial charge in [-0.05, 0) is 66.8 Å². The lowest BCUT2D eigenvalue weighted by Gasteiger charge is -2.22. The van der Waals surface area contributed by atoms with Gasteiger partial charge in [0.2, 0.25) is 0 Å². The van der Waals surface area contributed by atoms with Gasteiger partial charge in [0.25, 0.3) is 11.8 Å². The normalized spacial score (nSPS) is 14.2. The summed E-state index contributed by atoms with van der Waals surface area (Å²) >= 11 is 0. The largest absolute Gasteiger partial charge is 0.416 e. The average molecular weight is 392 g/mol. The maximum atomic E-state index is 13.1. The van der Waals surface area contributed by atoms with E-state index in [0.717, 1.165) is 23.3 Å². The lowest BCUT2D eigenvalue weighted by Crippen LogP contribution is -2.31. The first-order valence-electron chi connectivity index (χ1n) is 8.73. The van der Waals surface area contributed by atoms with Crippen LogP contribution in [0.1, 0.15) is 49.4 Å². The number of nitrogens with one attached hydrogen (secondary N) is 1. The summed E-state index contributed by atoms with van der Waals surface area (Å²) in [7, 11) is 0. The van der Waals surface area contributed by atoms with Gasteiger partial charge in [0, 0.05) is 24.2 Å². The molecule has 28 heavy (non-hydrogen) atoms. The molecule has 0 bridgehead atoms. The van der Waals surface area contributed by atoms with Crippen molar-refractivity contribution in [2.24, 2.45) is 0 Å². The molecule has 0 fully saturated rings. The van der Waals surface area contributed by atoms with Crippen LogP contribution in [0.2, 0.25) is 0 Å². The van der Waals surface area contributed by atoms with Crippen LogP contribution in [0.5, 0.6) is 0 Å². The molecule has 0 aromatic heterocycles. The molecule has 3 rings (SSSR count). The molecule has 0 unspecified atom stereocenters. The number of carbonyl (C=O) groups excluding carboxylic acids is 2. The summed E-state index contributed by atoms with van der Waals surface area (Å²) in [4.78, 5) is 26.0. The van der Waals surface area contributed by atoms with Gasteiger partial charge in [0.05, 0.1) is 5.56 Å². The number of aryl methyl sites for hydroxylation is 2. The number of nitrogens with zero attached hydrogens (tertiary/aromatic N) is 1. The zero-order valence-electron chi connectivity index (χ0n) is 15.1. The summed E-state index contributed by atoms with van der Waals surface area (Å²) < 4.78 is 39.2. The molecule has 1 heterocycles. The van der Waals surface area contributed by atoms with E-state index in [1.54, 1.807) is 17.6 Å². The van der Waals surface area contributed by atoms with Crippen LogP contribution in [0, 0.1) is 6.92 Å². The number of fused-ring (bicyclic) bond motifs is 1. The molecule has 2 amide bonds. The van der Waals surface area contributed by atoms with Crippen molar-refractivity contribution >= 4 is 11.8 Å². The Morgan fingerprint density at radius 1 is 1.07 bits per heavy atom. The Morgan fingerprint density at radius 3 is 2.50 bits per heavy atom. The van der Waals surface area contributed by atoms with Gasteiger partial charge in [0.1, 0.15) is 0 Å². The molecule has 2 aromatic carbocycles. The zero-order chi connectivity index (χ0) is 20.5. The SMILES string of the molecule is Cc1cc(C(=O)N2CCCc3cc(C(=O)NO)ccc3C2)cc(C(F)(F)F)c1. The third kappa shape index (κ3) is 4.17. The number of benzene rings is 2. The fourth-order valence-corrected chi connectivity index (χ4v) is 3.39. The summed E-state index contributed by atoms with van der Waals surface area (Å²) in [6, 6.07) is 8.25. The summed E-state index contributed by atoms with van der Waals surface area (Å²) in [6.07, 6.45) is -3.29. The van der Waals surface area contributed by atoms with E-state index < -0.39 is 23.6 Å². The number of carbonyl (C=O) groups is 2. The molecule has 0 radical (unpaired) electrons. The van der Waals surface area contributed by atoms with Crippen LogP contribution in [0.3, 0.4) is 0 Å². The molecular formula is C20H19F3N2O3. The minimum absolute atomic E-state index is 0.00653. The van der Waals surface area contributed by atoms with Crippen molar-refractivity contribution in [3.63, 3.8) is 0 Å². The highest BCUT2D eigenvalue weighted by molar-refractivity contribution is 5.95. The topological polar surface area (TPSA) is 69.6 Å². The van der Waals surface area contributed by atoms with Crippen molar-refractivity contribution in [2.45, 2.75) is 32.5 Å². The Hall–Kier alpha value is -2.87. The van der Waals surface area contributed by atoms with E-state index in [1.807, 2.05) is 0 Å². The molecule has 2 N–H and O–H groups in total. The van der Waals surface area contributed by atoms with Crippen LogP contribution >= 0.6 is 0 Å². The van der Waals surface area contributed by atoms with Gasteiger partial charge in [-0.15, -0.1) is 0 Å². The van der Waals surface area contributed by atoms with Crippen LogP contribution in [0.4, 0.5) is 13.2 Å². The van der Waals surface area contributed by atoms with E-state index in [9.17, 15) is 22.8 Å². The van der Waals surface area contributed by atoms with Gasteiger partial charge < -0.3 is 4.90 Å². The molecule has 0 saturated heterocycles. The van der Waals surface area contributed by atoms with Crippen LogP contribution in [0.15, 0.2) is 36.4 Å². The molecule has 0 saturated carbocycles. The molecule has 0 atom stereocenters. The van der Waals surface area contributed by atoms with E-state index in [-0.39, 0.29) is 12.1 Å². The average Bonchev–Trinajstić information content (AvgIpc) is 2.87. The second-order valence-corrected chi connectivity index (χ2v) is 6.84. The van der Waals surface area contributed by atoms with Crippen LogP contribution in [0.25, 0.3) is 0 Å². The van der Waals surface area contributed by atoms with Crippen LogP contribution in [-0.2, 0) is 19.1 Å². The number of hydroxylamine groups is 1. The van der Waals surface area contributed by atoms with Gasteiger partial charge in [-0.25, -0.2) is 5.48 Å². The first kappa shape index (κ1) is 19.9. The van der Waals surface area contributed by atoms with E-state index >= 15 is 0 Å². The van der Waals surface area contributed by atoms with Crippen LogP contribution in [-0.4, -0.2) is 28.5 Å². The van der Waals surface area contributed by atoms with Crippen LogP contribution < -0.4 is 5.48 Å². The summed E-state index contributed by atoms with van der Waals surface area (Å²) in [5.41, 5.74) is 3.11. The van der Waals surface area contributed by atoms with E-state index in [2.05, 4.69) is 0 Å². The lowest BCUT2D eigenvalue weighted by atomic mass is 10.0. The van der Waals surface area contributed by atoms with Crippen molar-refractivity contribution in [3.8, 4) is 0 Å². The Balaban J connectivity index is 1.88. The third-order valence-electron chi connectivity index (χ3n) is 4.74. The van der Waals surface area contributed by atoms with Crippen molar-refractivity contribution in [3.05, 3.63) is 69.8 Å². The number of hydrogen-bond acceptors (Lipinski definition) is 3. The number of amides is 2. The number of rotatable bonds is 2. The fraction of sp³-hybridized carbons (Fsp3) is 0.300. The monoisotopic (exact) mass is 392 g/mol. The molecule has 0 spiro atoms. The summed E-state index contributed by atoms with van der Waals surface area (Å²) in [5.74, 6) is -1.08. The summed E-state index contributed by atoms with van der Waals surface area (Å²) in [6.45, 7) is 2.16. The van der Waals surface area contributed by atoms with Gasteiger partial charge >= 0.3 is 6.18 Å². The Labute approximate surface area is 159 Å². The highest BCUT2D eigenvalue weighted by Gasteiger charge is 2.32. The fourth-order valence-electron chi connectivity index (χ4n) is 3.39. The summed E-state index contributed by atoms with van der Waals surface area (Å²) in [5, 5.41) is 8.76. The Morgan fingerprint density at radius 2 is 1.82 bits per heavy atom. The molecule has 148 valence electrons. The van der Waals surface area contributed by atoms with E-state index in [0.29, 0.717) is 30.5 Å². The Bertz CT molecular complexity index is 925. The predicted molar refractivity (Wildman–Crippen MR) is 94.9 cm³/mol. The van der Waals surface area contributed by atoms with E-state index in [1.165, 1.54) is 24.0 Å². The van der Waals surface area contributed by atoms with Crippen molar-refractivity contribution in [1.29, 1.82) is 0 Å². The quantitative estimate of drug-likeness (QED) is 0.605. The molecule has 8 heteroatoms. The van der Waals surface area contributed by atoms with Gasteiger partial charge in [-0.3, -0.25) is 14.8 Å². The lowest BCUT2D eigenvalue weighted by molar-refractivity contribution is -0.137. The highest BCUT2D eigenvalue weighted by atomic mass is 19.4. The van der Waals surface area contributed by atoms with Gasteiger partial charge in [-0.2, -0.15) is 13.2 Å². The number of alkyl halides is 3. The molecule has 1 aliphatic rings. The standard InChI is InChI=1S/C20H19F3N2O3/c1-12-7-16(10-17(8-12)20(21,22)23)19(27)25-6-2-3-13-9-14(18(26)24-28)4-5-15(13)11-25/h4-5,7-10,28H,2-3,6,11H2,1H3,(H,24,26). The minimum atomic E-state index is -4.52. The first-order chi connectivity index (χ1) is 13.2. The van der Waals surface area contributed by atoms with Gasteiger partial charge in [-0.1, -0.05) is 6.07 Å². The second kappa shape index (κ2) is 7.63. The zero-order valence-corrected chi connectivity index (χ0v) is 15.1. The molecule has 5 nitrogen and oxygen atoms in total. The van der Waals surface area contributed by atoms with Crippen molar-refractivity contribution in [2.75, 3.05) is 6.54 Å². The van der Waals surface area contributed by atoms with Crippen molar-refractivity contribution in [1.82, 2.24) is 10.4 Å². The molecule has 0 aliphatic carbocycles. The highest BCUT2D eigenvalue weighted by Crippen LogP contribution is 2.31. The first-order valence-corrected chi connectivity index (χ1v) is 8.73. The third-order valence-corrected chi connectivity index (χ3v) is 4.74. The molecule has 2 aromatic rings. The maximum absolute atomic E-state index is 13.1.